The van der Waals surface area contributed by atoms with Gasteiger partial charge in [-0.05, 0) is 33.6 Å². The number of fused-ring (bicyclic) bond motifs is 1. The highest BCUT2D eigenvalue weighted by atomic mass is 79.9. The molecule has 1 saturated heterocycles. The molecule has 2 N–H and O–H groups in total. The molecule has 2 aliphatic rings. The van der Waals surface area contributed by atoms with Crippen LogP contribution in [0.25, 0.3) is 0 Å². The van der Waals surface area contributed by atoms with E-state index >= 15 is 0 Å². The molecule has 132 valence electrons. The summed E-state index contributed by atoms with van der Waals surface area (Å²) in [7, 11) is 0. The van der Waals surface area contributed by atoms with E-state index in [1.54, 1.807) is 12.1 Å². The molecule has 25 heavy (non-hydrogen) atoms. The number of nitrogens with two attached hydrogens (primary N) is 1. The van der Waals surface area contributed by atoms with E-state index in [4.69, 9.17) is 15.2 Å². The van der Waals surface area contributed by atoms with Crippen LogP contribution in [0.15, 0.2) is 46.9 Å². The normalized spacial score (nSPS) is 21.1. The molecule has 0 bridgehead atoms. The average Bonchev–Trinajstić information content (AvgIpc) is 3.21. The lowest BCUT2D eigenvalue weighted by atomic mass is 9.95. The van der Waals surface area contributed by atoms with Crippen LogP contribution in [0.2, 0.25) is 0 Å². The van der Waals surface area contributed by atoms with Gasteiger partial charge in [-0.25, -0.2) is 0 Å². The molecule has 4 rings (SSSR count). The first kappa shape index (κ1) is 18.0. The Morgan fingerprint density at radius 1 is 1.16 bits per heavy atom. The fourth-order valence-electron chi connectivity index (χ4n) is 3.32. The number of amides is 1. The zero-order valence-corrected chi connectivity index (χ0v) is 15.8. The first-order valence-corrected chi connectivity index (χ1v) is 8.61. The van der Waals surface area contributed by atoms with E-state index in [0.717, 1.165) is 4.47 Å². The van der Waals surface area contributed by atoms with Gasteiger partial charge in [0.05, 0.1) is 4.47 Å². The highest BCUT2D eigenvalue weighted by Gasteiger charge is 2.34. The summed E-state index contributed by atoms with van der Waals surface area (Å²) in [6.45, 7) is 1.34. The quantitative estimate of drug-likeness (QED) is 0.803. The lowest BCUT2D eigenvalue weighted by molar-refractivity contribution is 0.0788. The molecule has 1 amide bonds. The van der Waals surface area contributed by atoms with E-state index in [2.05, 4.69) is 28.1 Å². The van der Waals surface area contributed by atoms with Gasteiger partial charge >= 0.3 is 0 Å². The summed E-state index contributed by atoms with van der Waals surface area (Å²) in [4.78, 5) is 14.7. The molecular formula is C18H18BrClN2O3. The standard InChI is InChI=1S/C18H17BrN2O3.ClH/c19-14-6-12(7-16-17(14)24-10-23-16)18(22)21-8-13(15(20)9-21)11-4-2-1-3-5-11;/h1-7,13,15H,8-10,20H2;1H/t13-,15+;/m0./s1. The smallest absolute Gasteiger partial charge is 0.254 e. The second kappa shape index (κ2) is 7.23. The van der Waals surface area contributed by atoms with Gasteiger partial charge in [0.25, 0.3) is 5.91 Å². The molecule has 0 aliphatic carbocycles. The predicted octanol–water partition coefficient (Wildman–Crippen LogP) is 3.17. The Morgan fingerprint density at radius 2 is 1.92 bits per heavy atom. The lowest BCUT2D eigenvalue weighted by Crippen LogP contribution is -2.32. The Morgan fingerprint density at radius 3 is 2.68 bits per heavy atom. The zero-order chi connectivity index (χ0) is 16.7. The van der Waals surface area contributed by atoms with E-state index in [1.165, 1.54) is 5.56 Å². The number of nitrogens with zero attached hydrogens (tertiary/aromatic N) is 1. The van der Waals surface area contributed by atoms with Crippen molar-refractivity contribution < 1.29 is 14.3 Å². The summed E-state index contributed by atoms with van der Waals surface area (Å²) in [6, 6.07) is 13.6. The number of rotatable bonds is 2. The molecule has 0 aromatic heterocycles. The summed E-state index contributed by atoms with van der Waals surface area (Å²) in [5.74, 6) is 1.36. The van der Waals surface area contributed by atoms with Crippen LogP contribution < -0.4 is 15.2 Å². The Balaban J connectivity index is 0.00000182. The van der Waals surface area contributed by atoms with E-state index < -0.39 is 0 Å². The zero-order valence-electron chi connectivity index (χ0n) is 13.4. The van der Waals surface area contributed by atoms with Crippen LogP contribution in [-0.4, -0.2) is 36.7 Å². The summed E-state index contributed by atoms with van der Waals surface area (Å²) in [5, 5.41) is 0. The minimum Gasteiger partial charge on any atom is -0.454 e. The van der Waals surface area contributed by atoms with Crippen LogP contribution in [0, 0.1) is 0 Å². The number of halogens is 2. The van der Waals surface area contributed by atoms with Crippen LogP contribution in [0.5, 0.6) is 11.5 Å². The van der Waals surface area contributed by atoms with E-state index in [1.807, 2.05) is 23.1 Å². The van der Waals surface area contributed by atoms with Crippen molar-refractivity contribution in [3.8, 4) is 11.5 Å². The molecule has 2 heterocycles. The van der Waals surface area contributed by atoms with Crippen molar-refractivity contribution in [3.05, 3.63) is 58.1 Å². The number of hydrogen-bond donors (Lipinski definition) is 1. The third-order valence-electron chi connectivity index (χ3n) is 4.55. The summed E-state index contributed by atoms with van der Waals surface area (Å²) in [6.07, 6.45) is 0. The third-order valence-corrected chi connectivity index (χ3v) is 5.14. The highest BCUT2D eigenvalue weighted by molar-refractivity contribution is 9.10. The van der Waals surface area contributed by atoms with Crippen LogP contribution in [0.4, 0.5) is 0 Å². The molecule has 5 nitrogen and oxygen atoms in total. The van der Waals surface area contributed by atoms with E-state index in [-0.39, 0.29) is 37.1 Å². The number of likely N-dealkylation sites (tertiary alicyclic amines) is 1. The van der Waals surface area contributed by atoms with Crippen LogP contribution >= 0.6 is 28.3 Å². The number of ether oxygens (including phenoxy) is 2. The van der Waals surface area contributed by atoms with Crippen molar-refractivity contribution >= 4 is 34.2 Å². The van der Waals surface area contributed by atoms with Gasteiger partial charge in [-0.2, -0.15) is 0 Å². The van der Waals surface area contributed by atoms with Gasteiger partial charge in [-0.3, -0.25) is 4.79 Å². The second-order valence-electron chi connectivity index (χ2n) is 6.08. The second-order valence-corrected chi connectivity index (χ2v) is 6.94. The van der Waals surface area contributed by atoms with Crippen LogP contribution in [0.1, 0.15) is 21.8 Å². The third kappa shape index (κ3) is 3.34. The SMILES string of the molecule is Cl.N[C@@H]1CN(C(=O)c2cc(Br)c3c(c2)OCO3)C[C@H]1c1ccccc1. The number of carbonyl (C=O) groups is 1. The predicted molar refractivity (Wildman–Crippen MR) is 101 cm³/mol. The molecule has 2 aliphatic heterocycles. The summed E-state index contributed by atoms with van der Waals surface area (Å²) in [5.41, 5.74) is 8.04. The van der Waals surface area contributed by atoms with Crippen molar-refractivity contribution in [1.82, 2.24) is 4.90 Å². The Kier molecular flexibility index (Phi) is 5.22. The fourth-order valence-corrected chi connectivity index (χ4v) is 3.88. The summed E-state index contributed by atoms with van der Waals surface area (Å²) < 4.78 is 11.5. The number of carbonyl (C=O) groups excluding carboxylic acids is 1. The van der Waals surface area contributed by atoms with E-state index in [9.17, 15) is 4.79 Å². The molecule has 0 radical (unpaired) electrons. The minimum atomic E-state index is -0.0613. The van der Waals surface area contributed by atoms with Gasteiger partial charge in [-0.15, -0.1) is 12.4 Å². The van der Waals surface area contributed by atoms with Gasteiger partial charge in [0.15, 0.2) is 11.5 Å². The average molecular weight is 426 g/mol. The van der Waals surface area contributed by atoms with Gasteiger partial charge in [0.1, 0.15) is 0 Å². The molecule has 2 aromatic carbocycles. The van der Waals surface area contributed by atoms with Crippen molar-refractivity contribution in [2.75, 3.05) is 19.9 Å². The van der Waals surface area contributed by atoms with Crippen molar-refractivity contribution in [2.45, 2.75) is 12.0 Å². The van der Waals surface area contributed by atoms with Crippen molar-refractivity contribution in [1.29, 1.82) is 0 Å². The molecule has 0 saturated carbocycles. The number of hydrogen-bond acceptors (Lipinski definition) is 4. The topological polar surface area (TPSA) is 64.8 Å². The Hall–Kier alpha value is -1.76. The van der Waals surface area contributed by atoms with Gasteiger partial charge in [-0.1, -0.05) is 30.3 Å². The first-order chi connectivity index (χ1) is 11.6. The monoisotopic (exact) mass is 424 g/mol. The van der Waals surface area contributed by atoms with Gasteiger partial charge in [0, 0.05) is 30.6 Å². The van der Waals surface area contributed by atoms with Gasteiger partial charge < -0.3 is 20.1 Å². The largest absolute Gasteiger partial charge is 0.454 e. The van der Waals surface area contributed by atoms with E-state index in [0.29, 0.717) is 30.2 Å². The molecule has 7 heteroatoms. The van der Waals surface area contributed by atoms with Crippen molar-refractivity contribution in [3.63, 3.8) is 0 Å². The van der Waals surface area contributed by atoms with Crippen molar-refractivity contribution in [2.24, 2.45) is 5.73 Å². The first-order valence-electron chi connectivity index (χ1n) is 7.82. The molecular weight excluding hydrogens is 408 g/mol. The van der Waals surface area contributed by atoms with Crippen LogP contribution in [0.3, 0.4) is 0 Å². The molecule has 2 aromatic rings. The minimum absolute atomic E-state index is 0. The molecule has 0 unspecified atom stereocenters. The van der Waals surface area contributed by atoms with Crippen LogP contribution in [-0.2, 0) is 0 Å². The number of benzene rings is 2. The maximum atomic E-state index is 12.9. The molecule has 0 spiro atoms. The highest BCUT2D eigenvalue weighted by Crippen LogP contribution is 2.40. The Labute approximate surface area is 160 Å². The fraction of sp³-hybridized carbons (Fsp3) is 0.278. The maximum Gasteiger partial charge on any atom is 0.254 e. The molecule has 2 atom stereocenters. The Bertz CT molecular complexity index is 787. The summed E-state index contributed by atoms with van der Waals surface area (Å²) >= 11 is 3.44. The van der Waals surface area contributed by atoms with Gasteiger partial charge in [0.2, 0.25) is 6.79 Å². The molecule has 1 fully saturated rings. The maximum absolute atomic E-state index is 12.9. The lowest BCUT2D eigenvalue weighted by Gasteiger charge is -2.17.